The van der Waals surface area contributed by atoms with E-state index in [1.165, 1.54) is 6.92 Å². The van der Waals surface area contributed by atoms with Gasteiger partial charge in [0.15, 0.2) is 5.78 Å². The van der Waals surface area contributed by atoms with Crippen molar-refractivity contribution in [3.63, 3.8) is 0 Å². The number of ketones is 1. The lowest BCUT2D eigenvalue weighted by atomic mass is 10.1. The molecular formula is C11H15NO3. The van der Waals surface area contributed by atoms with E-state index < -0.39 is 6.10 Å². The fraction of sp³-hybridized carbons (Fsp3) is 0.364. The van der Waals surface area contributed by atoms with Gasteiger partial charge in [0.05, 0.1) is 0 Å². The largest absolute Gasteiger partial charge is 0.491 e. The molecule has 1 unspecified atom stereocenters. The van der Waals surface area contributed by atoms with Gasteiger partial charge in [0, 0.05) is 12.1 Å². The summed E-state index contributed by atoms with van der Waals surface area (Å²) in [6, 6.07) is 6.83. The number of benzene rings is 1. The van der Waals surface area contributed by atoms with Crippen LogP contribution in [0.25, 0.3) is 0 Å². The Hall–Kier alpha value is -1.39. The standard InChI is InChI=1S/C11H15NO3/c1-8(13)9-3-2-4-11(5-9)15-7-10(14)6-12/h2-5,10,14H,6-7,12H2,1H3. The molecule has 1 aromatic rings. The number of carbonyl (C=O) groups is 1. The quantitative estimate of drug-likeness (QED) is 0.696. The average Bonchev–Trinajstić information content (AvgIpc) is 2.26. The first-order chi connectivity index (χ1) is 7.13. The Balaban J connectivity index is 2.62. The summed E-state index contributed by atoms with van der Waals surface area (Å²) in [6.45, 7) is 1.79. The lowest BCUT2D eigenvalue weighted by Crippen LogP contribution is -2.26. The van der Waals surface area contributed by atoms with E-state index in [1.54, 1.807) is 24.3 Å². The fourth-order valence-electron chi connectivity index (χ4n) is 1.07. The van der Waals surface area contributed by atoms with Crippen molar-refractivity contribution < 1.29 is 14.6 Å². The average molecular weight is 209 g/mol. The Morgan fingerprint density at radius 2 is 2.33 bits per heavy atom. The summed E-state index contributed by atoms with van der Waals surface area (Å²) in [5.41, 5.74) is 5.82. The van der Waals surface area contributed by atoms with Gasteiger partial charge in [0.1, 0.15) is 18.5 Å². The summed E-state index contributed by atoms with van der Waals surface area (Å²) in [5, 5.41) is 9.18. The highest BCUT2D eigenvalue weighted by Crippen LogP contribution is 2.13. The molecule has 4 nitrogen and oxygen atoms in total. The molecule has 0 aliphatic heterocycles. The Labute approximate surface area is 88.7 Å². The summed E-state index contributed by atoms with van der Waals surface area (Å²) in [4.78, 5) is 11.1. The normalized spacial score (nSPS) is 12.2. The highest BCUT2D eigenvalue weighted by Gasteiger charge is 2.04. The van der Waals surface area contributed by atoms with Gasteiger partial charge < -0.3 is 15.6 Å². The topological polar surface area (TPSA) is 72.5 Å². The smallest absolute Gasteiger partial charge is 0.159 e. The predicted molar refractivity (Wildman–Crippen MR) is 57.0 cm³/mol. The maximum absolute atomic E-state index is 11.1. The molecule has 1 aromatic carbocycles. The SMILES string of the molecule is CC(=O)c1cccc(OCC(O)CN)c1. The first-order valence-electron chi connectivity index (χ1n) is 4.75. The van der Waals surface area contributed by atoms with Crippen molar-refractivity contribution in [1.82, 2.24) is 0 Å². The monoisotopic (exact) mass is 209 g/mol. The third kappa shape index (κ3) is 3.69. The molecule has 0 fully saturated rings. The zero-order chi connectivity index (χ0) is 11.3. The third-order valence-electron chi connectivity index (χ3n) is 1.96. The van der Waals surface area contributed by atoms with E-state index in [-0.39, 0.29) is 18.9 Å². The second-order valence-electron chi connectivity index (χ2n) is 3.28. The van der Waals surface area contributed by atoms with Crippen LogP contribution in [-0.4, -0.2) is 30.1 Å². The zero-order valence-corrected chi connectivity index (χ0v) is 8.64. The minimum Gasteiger partial charge on any atom is -0.491 e. The molecule has 0 aliphatic rings. The Bertz CT molecular complexity index is 338. The first-order valence-corrected chi connectivity index (χ1v) is 4.75. The van der Waals surface area contributed by atoms with Gasteiger partial charge in [-0.2, -0.15) is 0 Å². The van der Waals surface area contributed by atoms with Crippen LogP contribution in [0.5, 0.6) is 5.75 Å². The molecule has 0 heterocycles. The second kappa shape index (κ2) is 5.48. The van der Waals surface area contributed by atoms with Gasteiger partial charge in [-0.05, 0) is 19.1 Å². The molecule has 0 bridgehead atoms. The number of aliphatic hydroxyl groups is 1. The molecule has 0 radical (unpaired) electrons. The van der Waals surface area contributed by atoms with Crippen LogP contribution in [0.4, 0.5) is 0 Å². The van der Waals surface area contributed by atoms with Gasteiger partial charge >= 0.3 is 0 Å². The third-order valence-corrected chi connectivity index (χ3v) is 1.96. The number of ether oxygens (including phenoxy) is 1. The van der Waals surface area contributed by atoms with Gasteiger partial charge in [-0.15, -0.1) is 0 Å². The molecule has 1 atom stereocenters. The van der Waals surface area contributed by atoms with Gasteiger partial charge in [-0.1, -0.05) is 12.1 Å². The number of Topliss-reactive ketones (excluding diaryl/α,β-unsaturated/α-hetero) is 1. The minimum absolute atomic E-state index is 0.0141. The van der Waals surface area contributed by atoms with Crippen LogP contribution in [0.2, 0.25) is 0 Å². The van der Waals surface area contributed by atoms with Crippen molar-refractivity contribution >= 4 is 5.78 Å². The highest BCUT2D eigenvalue weighted by molar-refractivity contribution is 5.94. The van der Waals surface area contributed by atoms with Gasteiger partial charge in [-0.3, -0.25) is 4.79 Å². The van der Waals surface area contributed by atoms with Gasteiger partial charge in [0.2, 0.25) is 0 Å². The van der Waals surface area contributed by atoms with Crippen molar-refractivity contribution in [2.75, 3.05) is 13.2 Å². The molecule has 3 N–H and O–H groups in total. The molecule has 0 aromatic heterocycles. The van der Waals surface area contributed by atoms with Crippen LogP contribution >= 0.6 is 0 Å². The summed E-state index contributed by atoms with van der Waals surface area (Å²) >= 11 is 0. The molecule has 4 heteroatoms. The number of aliphatic hydroxyl groups excluding tert-OH is 1. The molecule has 0 saturated heterocycles. The van der Waals surface area contributed by atoms with Crippen LogP contribution in [0.1, 0.15) is 17.3 Å². The van der Waals surface area contributed by atoms with Gasteiger partial charge in [-0.25, -0.2) is 0 Å². The van der Waals surface area contributed by atoms with Crippen LogP contribution in [0.15, 0.2) is 24.3 Å². The van der Waals surface area contributed by atoms with E-state index in [0.717, 1.165) is 0 Å². The number of carbonyl (C=O) groups excluding carboxylic acids is 1. The lowest BCUT2D eigenvalue weighted by molar-refractivity contribution is 0.101. The van der Waals surface area contributed by atoms with Crippen LogP contribution in [0.3, 0.4) is 0 Å². The summed E-state index contributed by atoms with van der Waals surface area (Å²) < 4.78 is 5.27. The summed E-state index contributed by atoms with van der Waals surface area (Å²) in [5.74, 6) is 0.551. The molecule has 82 valence electrons. The minimum atomic E-state index is -0.675. The number of rotatable bonds is 5. The number of hydrogen-bond acceptors (Lipinski definition) is 4. The molecule has 0 spiro atoms. The molecular weight excluding hydrogens is 194 g/mol. The van der Waals surface area contributed by atoms with E-state index in [0.29, 0.717) is 11.3 Å². The Kier molecular flexibility index (Phi) is 4.27. The fourth-order valence-corrected chi connectivity index (χ4v) is 1.07. The van der Waals surface area contributed by atoms with Crippen molar-refractivity contribution in [2.24, 2.45) is 5.73 Å². The summed E-state index contributed by atoms with van der Waals surface area (Å²) in [6.07, 6.45) is -0.675. The summed E-state index contributed by atoms with van der Waals surface area (Å²) in [7, 11) is 0. The molecule has 0 amide bonds. The van der Waals surface area contributed by atoms with E-state index in [9.17, 15) is 9.90 Å². The number of nitrogens with two attached hydrogens (primary N) is 1. The maximum atomic E-state index is 11.1. The second-order valence-corrected chi connectivity index (χ2v) is 3.28. The van der Waals surface area contributed by atoms with Crippen molar-refractivity contribution in [3.8, 4) is 5.75 Å². The molecule has 0 aliphatic carbocycles. The molecule has 15 heavy (non-hydrogen) atoms. The van der Waals surface area contributed by atoms with Crippen molar-refractivity contribution in [1.29, 1.82) is 0 Å². The predicted octanol–water partition coefficient (Wildman–Crippen LogP) is 0.588. The first kappa shape index (κ1) is 11.7. The van der Waals surface area contributed by atoms with Gasteiger partial charge in [0.25, 0.3) is 0 Å². The highest BCUT2D eigenvalue weighted by atomic mass is 16.5. The Morgan fingerprint density at radius 3 is 2.93 bits per heavy atom. The van der Waals surface area contributed by atoms with Crippen LogP contribution < -0.4 is 10.5 Å². The molecule has 1 rings (SSSR count). The van der Waals surface area contributed by atoms with Crippen LogP contribution in [0, 0.1) is 0 Å². The number of hydrogen-bond donors (Lipinski definition) is 2. The van der Waals surface area contributed by atoms with E-state index in [4.69, 9.17) is 10.5 Å². The Morgan fingerprint density at radius 1 is 1.60 bits per heavy atom. The van der Waals surface area contributed by atoms with Crippen molar-refractivity contribution in [2.45, 2.75) is 13.0 Å². The maximum Gasteiger partial charge on any atom is 0.159 e. The van der Waals surface area contributed by atoms with E-state index >= 15 is 0 Å². The van der Waals surface area contributed by atoms with E-state index in [2.05, 4.69) is 0 Å². The molecule has 0 saturated carbocycles. The van der Waals surface area contributed by atoms with Crippen molar-refractivity contribution in [3.05, 3.63) is 29.8 Å². The lowest BCUT2D eigenvalue weighted by Gasteiger charge is -2.10. The zero-order valence-electron chi connectivity index (χ0n) is 8.64. The van der Waals surface area contributed by atoms with E-state index in [1.807, 2.05) is 0 Å². The van der Waals surface area contributed by atoms with Crippen LogP contribution in [-0.2, 0) is 0 Å².